The number of aromatic nitrogens is 3. The first-order valence-electron chi connectivity index (χ1n) is 22.8. The molecule has 15 heteroatoms. The fourth-order valence-electron chi connectivity index (χ4n) is 9.57. The number of amides is 2. The van der Waals surface area contributed by atoms with Gasteiger partial charge < -0.3 is 35.4 Å². The van der Waals surface area contributed by atoms with Crippen molar-refractivity contribution in [2.24, 2.45) is 22.2 Å². The summed E-state index contributed by atoms with van der Waals surface area (Å²) in [6, 6.07) is 21.9. The van der Waals surface area contributed by atoms with Crippen molar-refractivity contribution in [3.05, 3.63) is 107 Å². The number of H-pyrrole nitrogens is 1. The molecular weight excluding hydrogens is 856 g/mol. The number of β-amino-alcohol motifs (C(OH)–C–C–N with tert-alkyl or cyclic N) is 1. The van der Waals surface area contributed by atoms with Gasteiger partial charge in [0, 0.05) is 90.5 Å². The van der Waals surface area contributed by atoms with Crippen LogP contribution in [-0.4, -0.2) is 93.4 Å². The van der Waals surface area contributed by atoms with Crippen LogP contribution in [-0.2, 0) is 20.9 Å². The molecule has 66 heavy (non-hydrogen) atoms. The summed E-state index contributed by atoms with van der Waals surface area (Å²) in [5.41, 5.74) is 3.22. The molecule has 1 saturated carbocycles. The first kappa shape index (κ1) is 49.7. The largest absolute Gasteiger partial charge is 0.489 e. The first-order chi connectivity index (χ1) is 31.3. The van der Waals surface area contributed by atoms with E-state index in [9.17, 15) is 24.8 Å². The van der Waals surface area contributed by atoms with Gasteiger partial charge in [0.25, 0.3) is 5.91 Å². The molecule has 0 bridgehead atoms. The minimum Gasteiger partial charge on any atom is -0.489 e. The van der Waals surface area contributed by atoms with E-state index in [1.54, 1.807) is 23.1 Å². The van der Waals surface area contributed by atoms with Crippen molar-refractivity contribution in [3.63, 3.8) is 0 Å². The van der Waals surface area contributed by atoms with Crippen LogP contribution in [0, 0.1) is 33.5 Å². The Bertz CT molecular complexity index is 2340. The Hall–Kier alpha value is -5.75. The maximum atomic E-state index is 14.1. The molecule has 1 aliphatic carbocycles. The minimum absolute atomic E-state index is 0.0481. The highest BCUT2D eigenvalue weighted by molar-refractivity contribution is 6.31. The molecule has 5 N–H and O–H groups in total. The van der Waals surface area contributed by atoms with Gasteiger partial charge in [0.15, 0.2) is 11.6 Å². The number of carbonyl (C=O) groups is 3. The number of rotatable bonds is 21. The van der Waals surface area contributed by atoms with E-state index >= 15 is 0 Å². The van der Waals surface area contributed by atoms with Gasteiger partial charge in [0.2, 0.25) is 5.91 Å². The third-order valence-electron chi connectivity index (χ3n) is 13.0. The van der Waals surface area contributed by atoms with E-state index in [2.05, 4.69) is 71.5 Å². The Morgan fingerprint density at radius 2 is 1.74 bits per heavy atom. The zero-order valence-electron chi connectivity index (χ0n) is 39.2. The van der Waals surface area contributed by atoms with Crippen LogP contribution in [0.15, 0.2) is 85.3 Å². The molecule has 0 spiro atoms. The maximum absolute atomic E-state index is 14.1. The predicted octanol–water partition coefficient (Wildman–Crippen LogP) is 8.09. The number of ketones is 1. The number of aliphatic hydroxyl groups is 1. The van der Waals surface area contributed by atoms with Crippen LogP contribution < -0.4 is 20.7 Å². The molecule has 2 amide bonds. The molecule has 3 aromatic carbocycles. The average molecular weight is 922 g/mol. The highest BCUT2D eigenvalue weighted by Crippen LogP contribution is 2.55. The molecule has 2 heterocycles. The van der Waals surface area contributed by atoms with E-state index in [0.29, 0.717) is 53.0 Å². The Labute approximate surface area is 393 Å². The summed E-state index contributed by atoms with van der Waals surface area (Å²) < 4.78 is 12.1. The monoisotopic (exact) mass is 920 g/mol. The molecule has 0 unspecified atom stereocenters. The third kappa shape index (κ3) is 12.0. The summed E-state index contributed by atoms with van der Waals surface area (Å²) in [4.78, 5) is 46.6. The van der Waals surface area contributed by atoms with Crippen LogP contribution >= 0.6 is 11.6 Å². The van der Waals surface area contributed by atoms with E-state index in [4.69, 9.17) is 21.1 Å². The number of halogens is 1. The molecule has 0 radical (unpaired) electrons. The molecule has 2 fully saturated rings. The van der Waals surface area contributed by atoms with Gasteiger partial charge in [-0.05, 0) is 66.6 Å². The zero-order valence-corrected chi connectivity index (χ0v) is 40.0. The molecule has 3 atom stereocenters. The van der Waals surface area contributed by atoms with Crippen molar-refractivity contribution in [1.82, 2.24) is 30.7 Å². The number of ether oxygens (including phenoxy) is 2. The third-order valence-corrected chi connectivity index (χ3v) is 13.3. The van der Waals surface area contributed by atoms with Gasteiger partial charge >= 0.3 is 0 Å². The maximum Gasteiger partial charge on any atom is 0.251 e. The number of Topliss-reactive ketones (excluding diaryl/α,β-unsaturated/α-hetero) is 1. The topological polar surface area (TPSA) is 195 Å². The number of hydrogen-bond acceptors (Lipinski definition) is 11. The highest BCUT2D eigenvalue weighted by atomic mass is 35.5. The fourth-order valence-corrected chi connectivity index (χ4v) is 9.78. The molecule has 4 aromatic rings. The number of hydrogen-bond donors (Lipinski definition) is 5. The zero-order chi connectivity index (χ0) is 47.8. The number of carbonyl (C=O) groups excluding carboxylic acids is 3. The summed E-state index contributed by atoms with van der Waals surface area (Å²) in [5.74, 6) is 0.228. The van der Waals surface area contributed by atoms with Crippen LogP contribution in [0.1, 0.15) is 102 Å². The second-order valence-electron chi connectivity index (χ2n) is 19.9. The predicted molar refractivity (Wildman–Crippen MR) is 255 cm³/mol. The van der Waals surface area contributed by atoms with Crippen molar-refractivity contribution in [2.45, 2.75) is 111 Å². The summed E-state index contributed by atoms with van der Waals surface area (Å²) in [6.45, 7) is 20.2. The van der Waals surface area contributed by atoms with Crippen molar-refractivity contribution in [2.75, 3.05) is 31.6 Å². The molecule has 2 aliphatic rings. The van der Waals surface area contributed by atoms with Crippen molar-refractivity contribution < 1.29 is 29.0 Å². The van der Waals surface area contributed by atoms with Crippen molar-refractivity contribution >= 4 is 34.9 Å². The Kier molecular flexibility index (Phi) is 16.0. The smallest absolute Gasteiger partial charge is 0.251 e. The van der Waals surface area contributed by atoms with Gasteiger partial charge in [0.1, 0.15) is 30.9 Å². The van der Waals surface area contributed by atoms with Crippen LogP contribution in [0.4, 0.5) is 5.69 Å². The second-order valence-corrected chi connectivity index (χ2v) is 20.3. The van der Waals surface area contributed by atoms with Gasteiger partial charge in [-0.2, -0.15) is 10.4 Å². The first-order valence-corrected chi connectivity index (χ1v) is 23.1. The van der Waals surface area contributed by atoms with Gasteiger partial charge in [0.05, 0.1) is 22.7 Å². The quantitative estimate of drug-likeness (QED) is 0.0507. The SMILES string of the molecule is C=C(NCc1ccc(-c2ncn[nH]2)cc1)[C@@H]1C[C@@H](O)CN1C(=O)[C@@H](CC(=O)COCCCCCNc1ccc(C(=O)NC2C(C)(C)C(Oc3ccc(C#N)c(Cl)c3)C2(C)C)cc1)C(C)(C)C. The van der Waals surface area contributed by atoms with Crippen LogP contribution in [0.2, 0.25) is 5.02 Å². The number of aliphatic hydroxyl groups excluding tert-OH is 1. The van der Waals surface area contributed by atoms with Gasteiger partial charge in [-0.1, -0.05) is 90.9 Å². The Morgan fingerprint density at radius 3 is 2.38 bits per heavy atom. The molecular formula is C51H65ClN8O6. The number of nitrogens with one attached hydrogen (secondary N) is 4. The standard InChI is InChI=1S/C51H65ClN8O6/c1-32(55-28-33-12-14-34(15-13-33)44-56-31-57-59-44)43-25-38(61)29-60(43)46(64)41(49(2,3)4)24-39(62)30-65-23-11-9-10-22-54-37-19-16-35(17-20-37)45(63)58-47-50(5,6)48(51(47,7)8)66-40-21-18-36(27-53)42(52)26-40/h12-21,26,31,38,41,43,47-48,54-55,61H,1,9-11,22-25,28-30H2,2-8H3,(H,58,63)(H,56,57,59)/t38-,41-,43+,47?,48?/m1/s1. The van der Waals surface area contributed by atoms with E-state index in [0.717, 1.165) is 42.6 Å². The molecule has 14 nitrogen and oxygen atoms in total. The van der Waals surface area contributed by atoms with E-state index < -0.39 is 23.5 Å². The Balaban J connectivity index is 0.875. The van der Waals surface area contributed by atoms with E-state index in [-0.39, 0.29) is 60.1 Å². The van der Waals surface area contributed by atoms with Gasteiger partial charge in [-0.25, -0.2) is 4.98 Å². The van der Waals surface area contributed by atoms with E-state index in [1.165, 1.54) is 6.33 Å². The average Bonchev–Trinajstić information content (AvgIpc) is 3.97. The lowest BCUT2D eigenvalue weighted by atomic mass is 9.49. The summed E-state index contributed by atoms with van der Waals surface area (Å²) in [6.07, 6.45) is 3.57. The number of likely N-dealkylation sites (tertiary alicyclic amines) is 1. The normalized spacial score (nSPS) is 20.1. The van der Waals surface area contributed by atoms with Crippen molar-refractivity contribution in [1.29, 1.82) is 5.26 Å². The lowest BCUT2D eigenvalue weighted by Crippen LogP contribution is -2.74. The number of aromatic amines is 1. The minimum atomic E-state index is -0.688. The molecule has 352 valence electrons. The van der Waals surface area contributed by atoms with Crippen molar-refractivity contribution in [3.8, 4) is 23.2 Å². The summed E-state index contributed by atoms with van der Waals surface area (Å²) >= 11 is 6.24. The Morgan fingerprint density at radius 1 is 1.03 bits per heavy atom. The number of nitrogens with zero attached hydrogens (tertiary/aromatic N) is 4. The summed E-state index contributed by atoms with van der Waals surface area (Å²) in [5, 5.41) is 37.0. The van der Waals surface area contributed by atoms with Gasteiger partial charge in [-0.3, -0.25) is 19.5 Å². The lowest BCUT2D eigenvalue weighted by molar-refractivity contribution is -0.164. The fraction of sp³-hybridized carbons (Fsp3) is 0.490. The highest BCUT2D eigenvalue weighted by Gasteiger charge is 2.64. The van der Waals surface area contributed by atoms with Crippen LogP contribution in [0.3, 0.4) is 0 Å². The molecule has 1 aromatic heterocycles. The second kappa shape index (κ2) is 21.3. The van der Waals surface area contributed by atoms with Gasteiger partial charge in [-0.15, -0.1) is 0 Å². The molecule has 6 rings (SSSR count). The van der Waals surface area contributed by atoms with Crippen LogP contribution in [0.25, 0.3) is 11.4 Å². The molecule has 1 saturated heterocycles. The number of anilines is 1. The number of nitriles is 1. The molecule has 1 aliphatic heterocycles. The number of benzene rings is 3. The lowest BCUT2D eigenvalue weighted by Gasteiger charge is -2.63. The summed E-state index contributed by atoms with van der Waals surface area (Å²) in [7, 11) is 0. The van der Waals surface area contributed by atoms with E-state index in [1.807, 2.05) is 69.3 Å². The van der Waals surface area contributed by atoms with Crippen LogP contribution in [0.5, 0.6) is 5.75 Å². The number of unbranched alkanes of at least 4 members (excludes halogenated alkanes) is 2.